The average molecular weight is 507 g/mol. The highest BCUT2D eigenvalue weighted by Crippen LogP contribution is 2.47. The first-order chi connectivity index (χ1) is 16.2. The fourth-order valence-electron chi connectivity index (χ4n) is 4.39. The van der Waals surface area contributed by atoms with Crippen LogP contribution in [0.4, 0.5) is 11.4 Å². The second kappa shape index (κ2) is 11.0. The Morgan fingerprint density at radius 1 is 1.26 bits per heavy atom. The lowest BCUT2D eigenvalue weighted by molar-refractivity contribution is -0.139. The molecule has 0 fully saturated rings. The van der Waals surface area contributed by atoms with Gasteiger partial charge in [0, 0.05) is 23.7 Å². The van der Waals surface area contributed by atoms with Crippen LogP contribution in [0.3, 0.4) is 0 Å². The highest BCUT2D eigenvalue weighted by Gasteiger charge is 2.42. The molecular weight excluding hydrogens is 472 g/mol. The number of sulfone groups is 1. The van der Waals surface area contributed by atoms with Crippen molar-refractivity contribution < 1.29 is 23.1 Å². The maximum Gasteiger partial charge on any atom is 0.324 e. The molecule has 0 aromatic heterocycles. The number of para-hydroxylation sites is 1. The number of nitrogens with zero attached hydrogens (tertiary/aromatic N) is 1. The molecule has 0 aliphatic carbocycles. The number of ether oxygens (including phenoxy) is 1. The van der Waals surface area contributed by atoms with Gasteiger partial charge in [0.15, 0.2) is 9.84 Å². The number of carbonyl (C=O) groups is 1. The molecule has 2 aromatic rings. The van der Waals surface area contributed by atoms with Crippen molar-refractivity contribution in [3.63, 3.8) is 0 Å². The SMILES string of the molecule is CCCCC1(CC)CN(c2ccccc2)c2cc(SC)c(OCC(N)C(=O)O)cc2S(=O)(=O)C1. The second-order valence-electron chi connectivity index (χ2n) is 8.86. The summed E-state index contributed by atoms with van der Waals surface area (Å²) in [5.41, 5.74) is 6.78. The summed E-state index contributed by atoms with van der Waals surface area (Å²) in [6, 6.07) is 12.0. The van der Waals surface area contributed by atoms with E-state index in [1.807, 2.05) is 42.7 Å². The zero-order valence-electron chi connectivity index (χ0n) is 20.0. The monoisotopic (exact) mass is 506 g/mol. The number of hydrogen-bond donors (Lipinski definition) is 2. The summed E-state index contributed by atoms with van der Waals surface area (Å²) in [4.78, 5) is 14.2. The van der Waals surface area contributed by atoms with Crippen molar-refractivity contribution in [1.82, 2.24) is 0 Å². The van der Waals surface area contributed by atoms with E-state index in [0.717, 1.165) is 36.3 Å². The predicted molar refractivity (Wildman–Crippen MR) is 137 cm³/mol. The number of carboxylic acids is 1. The standard InChI is InChI=1S/C25H34N2O5S2/c1-4-6-12-25(5-2)16-27(18-10-8-7-9-11-18)20-13-22(33-3)21(32-15-19(26)24(28)29)14-23(20)34(30,31)17-25/h7-11,13-14,19H,4-6,12,15-17,26H2,1-3H3,(H,28,29). The first-order valence-corrected chi connectivity index (χ1v) is 14.4. The minimum Gasteiger partial charge on any atom is -0.490 e. The Morgan fingerprint density at radius 3 is 2.56 bits per heavy atom. The van der Waals surface area contributed by atoms with Crippen molar-refractivity contribution in [2.45, 2.75) is 55.4 Å². The maximum atomic E-state index is 13.8. The van der Waals surface area contributed by atoms with E-state index in [9.17, 15) is 13.2 Å². The van der Waals surface area contributed by atoms with Crippen LogP contribution in [-0.4, -0.2) is 50.7 Å². The van der Waals surface area contributed by atoms with E-state index in [1.165, 1.54) is 11.8 Å². The van der Waals surface area contributed by atoms with E-state index in [1.54, 1.807) is 6.07 Å². The molecule has 0 bridgehead atoms. The van der Waals surface area contributed by atoms with Gasteiger partial charge in [-0.3, -0.25) is 4.79 Å². The molecule has 0 saturated carbocycles. The number of unbranched alkanes of at least 4 members (excludes halogenated alkanes) is 1. The predicted octanol–water partition coefficient (Wildman–Crippen LogP) is 4.71. The van der Waals surface area contributed by atoms with Crippen molar-refractivity contribution in [3.8, 4) is 5.75 Å². The Labute approximate surface area is 206 Å². The van der Waals surface area contributed by atoms with Gasteiger partial charge in [-0.25, -0.2) is 8.42 Å². The summed E-state index contributed by atoms with van der Waals surface area (Å²) in [6.07, 6.45) is 5.40. The molecule has 3 N–H and O–H groups in total. The number of benzene rings is 2. The van der Waals surface area contributed by atoms with Crippen LogP contribution in [0.1, 0.15) is 39.5 Å². The summed E-state index contributed by atoms with van der Waals surface area (Å²) < 4.78 is 33.3. The molecule has 2 unspecified atom stereocenters. The molecule has 1 aliphatic rings. The third-order valence-electron chi connectivity index (χ3n) is 6.47. The zero-order chi connectivity index (χ0) is 24.9. The molecule has 0 spiro atoms. The van der Waals surface area contributed by atoms with E-state index in [0.29, 0.717) is 18.0 Å². The number of nitrogens with two attached hydrogens (primary N) is 1. The van der Waals surface area contributed by atoms with Gasteiger partial charge in [-0.1, -0.05) is 44.9 Å². The average Bonchev–Trinajstić information content (AvgIpc) is 2.93. The highest BCUT2D eigenvalue weighted by atomic mass is 32.2. The largest absolute Gasteiger partial charge is 0.490 e. The molecule has 34 heavy (non-hydrogen) atoms. The minimum atomic E-state index is -3.65. The molecule has 9 heteroatoms. The number of anilines is 2. The van der Waals surface area contributed by atoms with Gasteiger partial charge in [0.1, 0.15) is 18.4 Å². The highest BCUT2D eigenvalue weighted by molar-refractivity contribution is 7.98. The summed E-state index contributed by atoms with van der Waals surface area (Å²) in [6.45, 7) is 4.53. The first kappa shape index (κ1) is 26.4. The summed E-state index contributed by atoms with van der Waals surface area (Å²) in [5.74, 6) is -0.788. The fourth-order valence-corrected chi connectivity index (χ4v) is 7.12. The van der Waals surface area contributed by atoms with Crippen LogP contribution >= 0.6 is 11.8 Å². The molecule has 1 heterocycles. The lowest BCUT2D eigenvalue weighted by Crippen LogP contribution is -2.37. The molecular formula is C25H34N2O5S2. The number of rotatable bonds is 10. The van der Waals surface area contributed by atoms with Crippen molar-refractivity contribution in [2.75, 3.05) is 30.1 Å². The summed E-state index contributed by atoms with van der Waals surface area (Å²) in [5, 5.41) is 9.10. The topological polar surface area (TPSA) is 110 Å². The van der Waals surface area contributed by atoms with Crippen LogP contribution in [0.2, 0.25) is 0 Å². The van der Waals surface area contributed by atoms with Crippen molar-refractivity contribution >= 4 is 38.9 Å². The fraction of sp³-hybridized carbons (Fsp3) is 0.480. The van der Waals surface area contributed by atoms with Crippen molar-refractivity contribution in [2.24, 2.45) is 11.1 Å². The van der Waals surface area contributed by atoms with E-state index < -0.39 is 27.3 Å². The van der Waals surface area contributed by atoms with E-state index in [4.69, 9.17) is 15.6 Å². The van der Waals surface area contributed by atoms with E-state index in [2.05, 4.69) is 18.7 Å². The number of fused-ring (bicyclic) bond motifs is 1. The van der Waals surface area contributed by atoms with Gasteiger partial charge < -0.3 is 20.5 Å². The van der Waals surface area contributed by atoms with Crippen LogP contribution in [0.5, 0.6) is 5.75 Å². The summed E-state index contributed by atoms with van der Waals surface area (Å²) in [7, 11) is -3.65. The van der Waals surface area contributed by atoms with Crippen molar-refractivity contribution in [1.29, 1.82) is 0 Å². The Bertz CT molecular complexity index is 1110. The van der Waals surface area contributed by atoms with Gasteiger partial charge in [0.25, 0.3) is 0 Å². The molecule has 3 rings (SSSR count). The number of aliphatic carboxylic acids is 1. The molecule has 7 nitrogen and oxygen atoms in total. The van der Waals surface area contributed by atoms with Gasteiger partial charge >= 0.3 is 5.97 Å². The first-order valence-electron chi connectivity index (χ1n) is 11.5. The molecule has 0 radical (unpaired) electrons. The van der Waals surface area contributed by atoms with Crippen LogP contribution in [0, 0.1) is 5.41 Å². The smallest absolute Gasteiger partial charge is 0.324 e. The molecule has 0 saturated heterocycles. The third kappa shape index (κ3) is 5.70. The summed E-state index contributed by atoms with van der Waals surface area (Å²) >= 11 is 1.42. The Morgan fingerprint density at radius 2 is 1.97 bits per heavy atom. The molecule has 0 amide bonds. The quantitative estimate of drug-likeness (QED) is 0.446. The Hall–Kier alpha value is -2.23. The van der Waals surface area contributed by atoms with E-state index in [-0.39, 0.29) is 17.3 Å². The van der Waals surface area contributed by atoms with Gasteiger partial charge in [0.2, 0.25) is 0 Å². The van der Waals surface area contributed by atoms with Crippen LogP contribution in [0.25, 0.3) is 0 Å². The number of hydrogen-bond acceptors (Lipinski definition) is 7. The van der Waals surface area contributed by atoms with Crippen molar-refractivity contribution in [3.05, 3.63) is 42.5 Å². The lowest BCUT2D eigenvalue weighted by atomic mass is 9.81. The normalized spacial score (nSPS) is 20.3. The van der Waals surface area contributed by atoms with Crippen LogP contribution < -0.4 is 15.4 Å². The Kier molecular flexibility index (Phi) is 8.54. The molecule has 186 valence electrons. The lowest BCUT2D eigenvalue weighted by Gasteiger charge is -2.36. The van der Waals surface area contributed by atoms with Crippen LogP contribution in [0.15, 0.2) is 52.3 Å². The molecule has 1 aliphatic heterocycles. The van der Waals surface area contributed by atoms with Crippen LogP contribution in [-0.2, 0) is 14.6 Å². The number of thioether (sulfide) groups is 1. The van der Waals surface area contributed by atoms with Gasteiger partial charge in [-0.15, -0.1) is 11.8 Å². The molecule has 2 aromatic carbocycles. The third-order valence-corrected chi connectivity index (χ3v) is 9.22. The molecule has 2 atom stereocenters. The van der Waals surface area contributed by atoms with Gasteiger partial charge in [0.05, 0.1) is 21.2 Å². The zero-order valence-corrected chi connectivity index (χ0v) is 21.6. The van der Waals surface area contributed by atoms with Gasteiger partial charge in [-0.2, -0.15) is 0 Å². The second-order valence-corrected chi connectivity index (χ2v) is 11.7. The Balaban J connectivity index is 2.18. The number of carboxylic acid groups (broad SMARTS) is 1. The maximum absolute atomic E-state index is 13.8. The minimum absolute atomic E-state index is 0.0551. The van der Waals surface area contributed by atoms with Gasteiger partial charge in [-0.05, 0) is 37.3 Å². The van der Waals surface area contributed by atoms with E-state index >= 15 is 0 Å².